The van der Waals surface area contributed by atoms with Crippen LogP contribution in [0.25, 0.3) is 0 Å². The number of rotatable bonds is 5. The number of carbonyl (C=O) groups excluding carboxylic acids is 1. The normalized spacial score (nSPS) is 13.5. The van der Waals surface area contributed by atoms with Crippen LogP contribution in [0.5, 0.6) is 5.75 Å². The van der Waals surface area contributed by atoms with Crippen LogP contribution in [0.2, 0.25) is 0 Å². The average Bonchev–Trinajstić information content (AvgIpc) is 2.48. The number of amides is 1. The number of primary amides is 1. The standard InChI is InChI=1S/C16H17NO3/c1-2-20-14-10-6-9-13(11-14)16(19,15(17)18)12-7-4-3-5-8-12/h3-11,19H,2H2,1H3,(H2,17,18). The summed E-state index contributed by atoms with van der Waals surface area (Å²) in [7, 11) is 0. The highest BCUT2D eigenvalue weighted by Gasteiger charge is 2.38. The highest BCUT2D eigenvalue weighted by atomic mass is 16.5. The molecule has 0 heterocycles. The van der Waals surface area contributed by atoms with Gasteiger partial charge in [-0.1, -0.05) is 42.5 Å². The Morgan fingerprint density at radius 1 is 1.15 bits per heavy atom. The van der Waals surface area contributed by atoms with Crippen molar-refractivity contribution in [2.75, 3.05) is 6.61 Å². The largest absolute Gasteiger partial charge is 0.494 e. The van der Waals surface area contributed by atoms with E-state index in [-0.39, 0.29) is 0 Å². The Labute approximate surface area is 117 Å². The maximum atomic E-state index is 11.8. The first-order valence-corrected chi connectivity index (χ1v) is 6.40. The maximum absolute atomic E-state index is 11.8. The number of ether oxygens (including phenoxy) is 1. The summed E-state index contributed by atoms with van der Waals surface area (Å²) in [6.07, 6.45) is 0. The lowest BCUT2D eigenvalue weighted by Crippen LogP contribution is -2.42. The van der Waals surface area contributed by atoms with E-state index < -0.39 is 11.5 Å². The van der Waals surface area contributed by atoms with Crippen molar-refractivity contribution in [1.29, 1.82) is 0 Å². The smallest absolute Gasteiger partial charge is 0.258 e. The molecule has 1 unspecified atom stereocenters. The van der Waals surface area contributed by atoms with E-state index in [1.54, 1.807) is 48.5 Å². The van der Waals surface area contributed by atoms with E-state index in [1.165, 1.54) is 0 Å². The van der Waals surface area contributed by atoms with Gasteiger partial charge in [0.25, 0.3) is 5.91 Å². The number of nitrogens with two attached hydrogens (primary N) is 1. The predicted molar refractivity (Wildman–Crippen MR) is 76.2 cm³/mol. The van der Waals surface area contributed by atoms with E-state index in [2.05, 4.69) is 0 Å². The van der Waals surface area contributed by atoms with Crippen molar-refractivity contribution >= 4 is 5.91 Å². The molecule has 0 fully saturated rings. The predicted octanol–water partition coefficient (Wildman–Crippen LogP) is 1.81. The van der Waals surface area contributed by atoms with Gasteiger partial charge in [-0.05, 0) is 24.6 Å². The molecule has 0 saturated carbocycles. The maximum Gasteiger partial charge on any atom is 0.258 e. The summed E-state index contributed by atoms with van der Waals surface area (Å²) in [4.78, 5) is 11.8. The molecule has 2 rings (SSSR count). The third-order valence-electron chi connectivity index (χ3n) is 3.11. The van der Waals surface area contributed by atoms with Crippen LogP contribution in [0.15, 0.2) is 54.6 Å². The molecule has 0 saturated heterocycles. The van der Waals surface area contributed by atoms with Crippen LogP contribution in [0.3, 0.4) is 0 Å². The number of aliphatic hydroxyl groups is 1. The first-order valence-electron chi connectivity index (χ1n) is 6.40. The lowest BCUT2D eigenvalue weighted by molar-refractivity contribution is -0.133. The number of hydrogen-bond donors (Lipinski definition) is 2. The Morgan fingerprint density at radius 3 is 2.40 bits per heavy atom. The van der Waals surface area contributed by atoms with Crippen molar-refractivity contribution in [2.24, 2.45) is 5.73 Å². The molecular weight excluding hydrogens is 254 g/mol. The fourth-order valence-electron chi connectivity index (χ4n) is 2.11. The minimum atomic E-state index is -1.87. The summed E-state index contributed by atoms with van der Waals surface area (Å²) in [5.74, 6) is -0.238. The van der Waals surface area contributed by atoms with Crippen LogP contribution in [-0.2, 0) is 10.4 Å². The van der Waals surface area contributed by atoms with Crippen LogP contribution in [0.4, 0.5) is 0 Å². The lowest BCUT2D eigenvalue weighted by Gasteiger charge is -2.26. The summed E-state index contributed by atoms with van der Waals surface area (Å²) < 4.78 is 5.39. The molecule has 1 atom stereocenters. The van der Waals surface area contributed by atoms with E-state index in [4.69, 9.17) is 10.5 Å². The van der Waals surface area contributed by atoms with Crippen LogP contribution < -0.4 is 10.5 Å². The fraction of sp³-hybridized carbons (Fsp3) is 0.188. The summed E-state index contributed by atoms with van der Waals surface area (Å²) in [5.41, 5.74) is 4.39. The molecule has 104 valence electrons. The average molecular weight is 271 g/mol. The second-order valence-corrected chi connectivity index (χ2v) is 4.40. The molecule has 20 heavy (non-hydrogen) atoms. The van der Waals surface area contributed by atoms with E-state index in [1.807, 2.05) is 13.0 Å². The minimum Gasteiger partial charge on any atom is -0.494 e. The lowest BCUT2D eigenvalue weighted by atomic mass is 9.85. The van der Waals surface area contributed by atoms with Crippen molar-refractivity contribution < 1.29 is 14.6 Å². The molecule has 0 aliphatic rings. The molecular formula is C16H17NO3. The molecule has 0 aliphatic heterocycles. The number of carbonyl (C=O) groups is 1. The molecule has 0 aromatic heterocycles. The van der Waals surface area contributed by atoms with Crippen molar-refractivity contribution in [3.8, 4) is 5.75 Å². The quantitative estimate of drug-likeness (QED) is 0.871. The highest BCUT2D eigenvalue weighted by Crippen LogP contribution is 2.31. The van der Waals surface area contributed by atoms with Gasteiger partial charge in [0.05, 0.1) is 6.61 Å². The molecule has 0 aliphatic carbocycles. The van der Waals surface area contributed by atoms with Crippen LogP contribution in [0.1, 0.15) is 18.1 Å². The zero-order valence-corrected chi connectivity index (χ0v) is 11.2. The van der Waals surface area contributed by atoms with Gasteiger partial charge in [0, 0.05) is 5.56 Å². The van der Waals surface area contributed by atoms with Gasteiger partial charge in [-0.15, -0.1) is 0 Å². The molecule has 2 aromatic carbocycles. The Balaban J connectivity index is 2.54. The molecule has 0 bridgehead atoms. The molecule has 2 aromatic rings. The minimum absolute atomic E-state index is 0.391. The van der Waals surface area contributed by atoms with Gasteiger partial charge in [0.1, 0.15) is 5.75 Å². The summed E-state index contributed by atoms with van der Waals surface area (Å²) in [6.45, 7) is 2.37. The third kappa shape index (κ3) is 2.51. The SMILES string of the molecule is CCOc1cccc(C(O)(C(N)=O)c2ccccc2)c1. The van der Waals surface area contributed by atoms with Crippen molar-refractivity contribution in [1.82, 2.24) is 0 Å². The van der Waals surface area contributed by atoms with Gasteiger partial charge < -0.3 is 15.6 Å². The highest BCUT2D eigenvalue weighted by molar-refractivity contribution is 5.88. The van der Waals surface area contributed by atoms with Crippen molar-refractivity contribution in [2.45, 2.75) is 12.5 Å². The Morgan fingerprint density at radius 2 is 1.80 bits per heavy atom. The number of benzene rings is 2. The Kier molecular flexibility index (Phi) is 4.05. The fourth-order valence-corrected chi connectivity index (χ4v) is 2.11. The van der Waals surface area contributed by atoms with Crippen molar-refractivity contribution in [3.05, 3.63) is 65.7 Å². The van der Waals surface area contributed by atoms with Gasteiger partial charge in [0.2, 0.25) is 0 Å². The van der Waals surface area contributed by atoms with Crippen LogP contribution >= 0.6 is 0 Å². The zero-order chi connectivity index (χ0) is 14.6. The second kappa shape index (κ2) is 5.75. The monoisotopic (exact) mass is 271 g/mol. The van der Waals surface area contributed by atoms with Crippen LogP contribution in [0, 0.1) is 0 Å². The number of hydrogen-bond acceptors (Lipinski definition) is 3. The van der Waals surface area contributed by atoms with E-state index in [9.17, 15) is 9.90 Å². The first kappa shape index (κ1) is 14.1. The van der Waals surface area contributed by atoms with E-state index >= 15 is 0 Å². The summed E-state index contributed by atoms with van der Waals surface area (Å²) in [5, 5.41) is 10.8. The molecule has 1 amide bonds. The van der Waals surface area contributed by atoms with E-state index in [0.717, 1.165) is 0 Å². The van der Waals surface area contributed by atoms with Gasteiger partial charge in [-0.25, -0.2) is 0 Å². The first-order chi connectivity index (χ1) is 9.59. The zero-order valence-electron chi connectivity index (χ0n) is 11.2. The topological polar surface area (TPSA) is 72.6 Å². The molecule has 0 radical (unpaired) electrons. The molecule has 4 nitrogen and oxygen atoms in total. The second-order valence-electron chi connectivity index (χ2n) is 4.40. The van der Waals surface area contributed by atoms with Crippen LogP contribution in [-0.4, -0.2) is 17.6 Å². The summed E-state index contributed by atoms with van der Waals surface area (Å²) >= 11 is 0. The summed E-state index contributed by atoms with van der Waals surface area (Å²) in [6, 6.07) is 15.4. The van der Waals surface area contributed by atoms with Gasteiger partial charge in [-0.2, -0.15) is 0 Å². The van der Waals surface area contributed by atoms with Crippen molar-refractivity contribution in [3.63, 3.8) is 0 Å². The van der Waals surface area contributed by atoms with Gasteiger partial charge >= 0.3 is 0 Å². The third-order valence-corrected chi connectivity index (χ3v) is 3.11. The molecule has 4 heteroatoms. The Bertz CT molecular complexity index is 598. The Hall–Kier alpha value is -2.33. The van der Waals surface area contributed by atoms with Gasteiger partial charge in [0.15, 0.2) is 5.60 Å². The van der Waals surface area contributed by atoms with E-state index in [0.29, 0.717) is 23.5 Å². The molecule has 0 spiro atoms. The molecule has 3 N–H and O–H groups in total. The van der Waals surface area contributed by atoms with Gasteiger partial charge in [-0.3, -0.25) is 4.79 Å².